The van der Waals surface area contributed by atoms with E-state index in [-0.39, 0.29) is 11.1 Å². The van der Waals surface area contributed by atoms with Crippen molar-refractivity contribution in [3.05, 3.63) is 23.0 Å². The smallest absolute Gasteiger partial charge is 0.358 e. The highest BCUT2D eigenvalue weighted by atomic mass is 32.1. The van der Waals surface area contributed by atoms with Crippen molar-refractivity contribution < 1.29 is 9.90 Å². The predicted octanol–water partition coefficient (Wildman–Crippen LogP) is 1.72. The standard InChI is InChI=1S/C10H12N4O2S/c1-10(2,3)7-6(8(15)16)12-13-14(7)9-11-4-5-17-9/h4-5H,1-3H3,(H,15,16). The molecule has 0 saturated carbocycles. The van der Waals surface area contributed by atoms with E-state index >= 15 is 0 Å². The van der Waals surface area contributed by atoms with Crippen LogP contribution in [0.1, 0.15) is 37.0 Å². The van der Waals surface area contributed by atoms with Crippen LogP contribution in [0.4, 0.5) is 0 Å². The zero-order chi connectivity index (χ0) is 12.6. The number of hydrogen-bond acceptors (Lipinski definition) is 5. The molecule has 0 fully saturated rings. The van der Waals surface area contributed by atoms with Gasteiger partial charge in [-0.3, -0.25) is 0 Å². The first-order valence-electron chi connectivity index (χ1n) is 5.00. The fourth-order valence-corrected chi connectivity index (χ4v) is 2.15. The monoisotopic (exact) mass is 252 g/mol. The van der Waals surface area contributed by atoms with E-state index in [2.05, 4.69) is 15.3 Å². The Hall–Kier alpha value is -1.76. The van der Waals surface area contributed by atoms with Crippen molar-refractivity contribution in [1.82, 2.24) is 20.0 Å². The maximum Gasteiger partial charge on any atom is 0.358 e. The van der Waals surface area contributed by atoms with E-state index in [4.69, 9.17) is 5.11 Å². The molecule has 0 aliphatic heterocycles. The summed E-state index contributed by atoms with van der Waals surface area (Å²) in [7, 11) is 0. The van der Waals surface area contributed by atoms with Crippen LogP contribution in [0.2, 0.25) is 0 Å². The highest BCUT2D eigenvalue weighted by Crippen LogP contribution is 2.27. The molecule has 0 aliphatic carbocycles. The van der Waals surface area contributed by atoms with Gasteiger partial charge in [0.1, 0.15) is 0 Å². The molecule has 0 aliphatic rings. The van der Waals surface area contributed by atoms with Gasteiger partial charge in [0.25, 0.3) is 0 Å². The molecule has 0 atom stereocenters. The Labute approximate surface area is 102 Å². The van der Waals surface area contributed by atoms with Gasteiger partial charge in [0.15, 0.2) is 5.69 Å². The summed E-state index contributed by atoms with van der Waals surface area (Å²) in [5.74, 6) is -1.07. The fourth-order valence-electron chi connectivity index (χ4n) is 1.55. The number of carboxylic acids is 1. The molecule has 2 heterocycles. The minimum absolute atomic E-state index is 0.0206. The lowest BCUT2D eigenvalue weighted by molar-refractivity contribution is 0.0687. The van der Waals surface area contributed by atoms with Crippen molar-refractivity contribution in [3.8, 4) is 5.13 Å². The Morgan fingerprint density at radius 1 is 1.47 bits per heavy atom. The van der Waals surface area contributed by atoms with E-state index in [1.807, 2.05) is 26.2 Å². The molecule has 0 unspecified atom stereocenters. The number of aromatic carboxylic acids is 1. The third kappa shape index (κ3) is 2.05. The Morgan fingerprint density at radius 3 is 2.65 bits per heavy atom. The molecule has 0 bridgehead atoms. The second kappa shape index (κ2) is 3.92. The third-order valence-electron chi connectivity index (χ3n) is 2.18. The van der Waals surface area contributed by atoms with Crippen LogP contribution in [0.5, 0.6) is 0 Å². The Morgan fingerprint density at radius 2 is 2.18 bits per heavy atom. The highest BCUT2D eigenvalue weighted by molar-refractivity contribution is 7.12. The van der Waals surface area contributed by atoms with Crippen LogP contribution in [0.3, 0.4) is 0 Å². The maximum atomic E-state index is 11.1. The molecular weight excluding hydrogens is 240 g/mol. The molecule has 2 aromatic heterocycles. The van der Waals surface area contributed by atoms with Crippen LogP contribution in [0, 0.1) is 0 Å². The lowest BCUT2D eigenvalue weighted by atomic mass is 9.90. The Bertz CT molecular complexity index is 539. The average molecular weight is 252 g/mol. The number of carbonyl (C=O) groups is 1. The summed E-state index contributed by atoms with van der Waals surface area (Å²) in [6.45, 7) is 5.76. The molecule has 2 aromatic rings. The first-order chi connectivity index (χ1) is 7.91. The van der Waals surface area contributed by atoms with Gasteiger partial charge in [0.05, 0.1) is 5.69 Å². The van der Waals surface area contributed by atoms with Gasteiger partial charge in [-0.2, -0.15) is 4.68 Å². The molecule has 2 rings (SSSR count). The summed E-state index contributed by atoms with van der Waals surface area (Å²) >= 11 is 1.39. The number of aromatic nitrogens is 4. The van der Waals surface area contributed by atoms with Crippen LogP contribution in [0.25, 0.3) is 5.13 Å². The summed E-state index contributed by atoms with van der Waals surface area (Å²) in [6.07, 6.45) is 1.65. The third-order valence-corrected chi connectivity index (χ3v) is 2.93. The molecule has 0 radical (unpaired) electrons. The molecule has 90 valence electrons. The quantitative estimate of drug-likeness (QED) is 0.880. The molecule has 0 saturated heterocycles. The van der Waals surface area contributed by atoms with Gasteiger partial charge in [0, 0.05) is 17.0 Å². The van der Waals surface area contributed by atoms with Gasteiger partial charge in [-0.05, 0) is 0 Å². The van der Waals surface area contributed by atoms with E-state index in [1.54, 1.807) is 6.20 Å². The van der Waals surface area contributed by atoms with Crippen molar-refractivity contribution in [3.63, 3.8) is 0 Å². The first-order valence-corrected chi connectivity index (χ1v) is 5.88. The molecule has 6 nitrogen and oxygen atoms in total. The lowest BCUT2D eigenvalue weighted by Gasteiger charge is -2.19. The van der Waals surface area contributed by atoms with Crippen molar-refractivity contribution in [2.75, 3.05) is 0 Å². The van der Waals surface area contributed by atoms with Gasteiger partial charge < -0.3 is 5.11 Å². The minimum Gasteiger partial charge on any atom is -0.476 e. The number of nitrogens with zero attached hydrogens (tertiary/aromatic N) is 4. The molecule has 17 heavy (non-hydrogen) atoms. The first kappa shape index (κ1) is 11.7. The highest BCUT2D eigenvalue weighted by Gasteiger charge is 2.30. The van der Waals surface area contributed by atoms with Crippen LogP contribution < -0.4 is 0 Å². The summed E-state index contributed by atoms with van der Waals surface area (Å²) in [5.41, 5.74) is 0.163. The normalized spacial score (nSPS) is 11.7. The Kier molecular flexibility index (Phi) is 2.70. The molecule has 1 N–H and O–H groups in total. The number of thiazole rings is 1. The summed E-state index contributed by atoms with van der Waals surface area (Å²) in [4.78, 5) is 15.2. The minimum atomic E-state index is -1.07. The number of rotatable bonds is 2. The lowest BCUT2D eigenvalue weighted by Crippen LogP contribution is -2.21. The average Bonchev–Trinajstić information content (AvgIpc) is 2.85. The van der Waals surface area contributed by atoms with Crippen molar-refractivity contribution in [2.24, 2.45) is 0 Å². The number of hydrogen-bond donors (Lipinski definition) is 1. The SMILES string of the molecule is CC(C)(C)c1c(C(=O)O)nnn1-c1nccs1. The van der Waals surface area contributed by atoms with E-state index in [1.165, 1.54) is 16.0 Å². The Balaban J connectivity index is 2.66. The van der Waals surface area contributed by atoms with Gasteiger partial charge >= 0.3 is 5.97 Å². The van der Waals surface area contributed by atoms with Crippen LogP contribution >= 0.6 is 11.3 Å². The molecule has 7 heteroatoms. The van der Waals surface area contributed by atoms with Crippen LogP contribution in [-0.2, 0) is 5.41 Å². The molecule has 0 spiro atoms. The molecule has 0 aromatic carbocycles. The van der Waals surface area contributed by atoms with E-state index in [0.717, 1.165) is 0 Å². The summed E-state index contributed by atoms with van der Waals surface area (Å²) in [6, 6.07) is 0. The van der Waals surface area contributed by atoms with Gasteiger partial charge in [-0.1, -0.05) is 26.0 Å². The van der Waals surface area contributed by atoms with Gasteiger partial charge in [-0.25, -0.2) is 9.78 Å². The summed E-state index contributed by atoms with van der Waals surface area (Å²) in [5, 5.41) is 19.1. The van der Waals surface area contributed by atoms with E-state index in [0.29, 0.717) is 10.8 Å². The van der Waals surface area contributed by atoms with Crippen LogP contribution in [0.15, 0.2) is 11.6 Å². The zero-order valence-electron chi connectivity index (χ0n) is 9.71. The molecule has 0 amide bonds. The van der Waals surface area contributed by atoms with Crippen molar-refractivity contribution in [1.29, 1.82) is 0 Å². The fraction of sp³-hybridized carbons (Fsp3) is 0.400. The second-order valence-electron chi connectivity index (χ2n) is 4.57. The van der Waals surface area contributed by atoms with Gasteiger partial charge in [-0.15, -0.1) is 16.4 Å². The number of carboxylic acid groups (broad SMARTS) is 1. The molecular formula is C10H12N4O2S. The van der Waals surface area contributed by atoms with Crippen molar-refractivity contribution in [2.45, 2.75) is 26.2 Å². The maximum absolute atomic E-state index is 11.1. The van der Waals surface area contributed by atoms with E-state index < -0.39 is 5.97 Å². The topological polar surface area (TPSA) is 80.9 Å². The van der Waals surface area contributed by atoms with Crippen molar-refractivity contribution >= 4 is 17.3 Å². The summed E-state index contributed by atoms with van der Waals surface area (Å²) < 4.78 is 1.49. The van der Waals surface area contributed by atoms with Gasteiger partial charge in [0.2, 0.25) is 5.13 Å². The largest absolute Gasteiger partial charge is 0.476 e. The zero-order valence-corrected chi connectivity index (χ0v) is 10.5. The van der Waals surface area contributed by atoms with E-state index in [9.17, 15) is 4.79 Å². The second-order valence-corrected chi connectivity index (χ2v) is 5.44. The predicted molar refractivity (Wildman–Crippen MR) is 62.7 cm³/mol. The van der Waals surface area contributed by atoms with Crippen LogP contribution in [-0.4, -0.2) is 31.1 Å².